The third-order valence-corrected chi connectivity index (χ3v) is 6.94. The zero-order valence-electron chi connectivity index (χ0n) is 23.5. The molecule has 1 N–H and O–H groups in total. The molecule has 1 aliphatic heterocycles. The number of nitrogens with zero attached hydrogens (tertiary/aromatic N) is 2. The lowest BCUT2D eigenvalue weighted by atomic mass is 9.94. The minimum absolute atomic E-state index is 0.0171. The first-order valence-corrected chi connectivity index (χ1v) is 13.7. The van der Waals surface area contributed by atoms with Gasteiger partial charge in [0.1, 0.15) is 18.1 Å². The number of Topliss-reactive ketones (excluding diaryl/α,β-unsaturated/α-hetero) is 1. The Morgan fingerprint density at radius 2 is 1.71 bits per heavy atom. The minimum atomic E-state index is -0.887. The third-order valence-electron chi connectivity index (χ3n) is 6.94. The number of aliphatic hydroxyl groups excluding tert-OH is 1. The summed E-state index contributed by atoms with van der Waals surface area (Å²) >= 11 is 0. The third kappa shape index (κ3) is 6.12. The van der Waals surface area contributed by atoms with Gasteiger partial charge in [0.2, 0.25) is 0 Å². The highest BCUT2D eigenvalue weighted by atomic mass is 16.5. The van der Waals surface area contributed by atoms with E-state index in [1.54, 1.807) is 60.9 Å². The first kappa shape index (κ1) is 28.4. The Balaban J connectivity index is 1.56. The molecule has 8 heteroatoms. The number of amides is 1. The van der Waals surface area contributed by atoms with E-state index in [4.69, 9.17) is 14.2 Å². The summed E-state index contributed by atoms with van der Waals surface area (Å²) in [6.45, 7) is 2.97. The van der Waals surface area contributed by atoms with Crippen LogP contribution in [0.25, 0.3) is 5.76 Å². The normalized spacial score (nSPS) is 16.0. The van der Waals surface area contributed by atoms with Crippen LogP contribution in [0.3, 0.4) is 0 Å². The molecule has 8 nitrogen and oxygen atoms in total. The average Bonchev–Trinajstić information content (AvgIpc) is 3.28. The quantitative estimate of drug-likeness (QED) is 0.134. The number of aliphatic hydroxyl groups is 1. The number of methoxy groups -OCH3 is 1. The molecular formula is C34H32N2O6. The van der Waals surface area contributed by atoms with Crippen LogP contribution in [-0.4, -0.2) is 40.4 Å². The topological polar surface area (TPSA) is 98.2 Å². The predicted molar refractivity (Wildman–Crippen MR) is 158 cm³/mol. The summed E-state index contributed by atoms with van der Waals surface area (Å²) in [4.78, 5) is 32.6. The largest absolute Gasteiger partial charge is 0.507 e. The Labute approximate surface area is 244 Å². The summed E-state index contributed by atoms with van der Waals surface area (Å²) in [6.07, 6.45) is 4.11. The number of likely N-dealkylation sites (tertiary alicyclic amines) is 1. The van der Waals surface area contributed by atoms with Crippen LogP contribution in [0.1, 0.15) is 41.6 Å². The molecule has 1 fully saturated rings. The van der Waals surface area contributed by atoms with Gasteiger partial charge < -0.3 is 24.2 Å². The number of carbonyl (C=O) groups is 2. The van der Waals surface area contributed by atoms with Crippen molar-refractivity contribution in [3.8, 4) is 17.2 Å². The van der Waals surface area contributed by atoms with E-state index < -0.39 is 17.7 Å². The predicted octanol–water partition coefficient (Wildman–Crippen LogP) is 6.08. The van der Waals surface area contributed by atoms with E-state index in [0.29, 0.717) is 41.6 Å². The lowest BCUT2D eigenvalue weighted by Crippen LogP contribution is -2.29. The number of carbonyl (C=O) groups excluding carboxylic acids is 2. The SMILES string of the molecule is CCCOc1cccc(/C(O)=C2\C(=O)C(=O)N(Cc3cccnc3)C2c2ccc(OCc3ccccc3)c(OC)c2)c1. The molecule has 5 rings (SSSR count). The maximum Gasteiger partial charge on any atom is 0.295 e. The number of aromatic nitrogens is 1. The number of pyridine rings is 1. The van der Waals surface area contributed by atoms with Crippen LogP contribution in [0.2, 0.25) is 0 Å². The van der Waals surface area contributed by atoms with Gasteiger partial charge in [-0.3, -0.25) is 14.6 Å². The van der Waals surface area contributed by atoms with Crippen molar-refractivity contribution in [3.05, 3.63) is 125 Å². The van der Waals surface area contributed by atoms with Crippen LogP contribution in [-0.2, 0) is 22.7 Å². The van der Waals surface area contributed by atoms with Crippen LogP contribution in [0, 0.1) is 0 Å². The molecule has 0 saturated carbocycles. The van der Waals surface area contributed by atoms with Crippen molar-refractivity contribution in [2.24, 2.45) is 0 Å². The van der Waals surface area contributed by atoms with Gasteiger partial charge in [-0.05, 0) is 53.4 Å². The van der Waals surface area contributed by atoms with Crippen LogP contribution >= 0.6 is 0 Å². The smallest absolute Gasteiger partial charge is 0.295 e. The standard InChI is InChI=1S/C34H32N2O6/c1-3-17-41-27-13-7-12-26(18-27)32(37)30-31(36(34(39)33(30)38)21-24-11-8-16-35-20-24)25-14-15-28(29(19-25)40-2)42-22-23-9-5-4-6-10-23/h4-16,18-20,31,37H,3,17,21-22H2,1-2H3/b32-30+. The molecule has 42 heavy (non-hydrogen) atoms. The van der Waals surface area contributed by atoms with E-state index >= 15 is 0 Å². The van der Waals surface area contributed by atoms with Gasteiger partial charge in [-0.25, -0.2) is 0 Å². The van der Waals surface area contributed by atoms with Crippen molar-refractivity contribution in [2.75, 3.05) is 13.7 Å². The van der Waals surface area contributed by atoms with Crippen molar-refractivity contribution in [2.45, 2.75) is 32.5 Å². The second-order valence-corrected chi connectivity index (χ2v) is 9.85. The molecule has 0 aliphatic carbocycles. The number of hydrogen-bond donors (Lipinski definition) is 1. The molecule has 214 valence electrons. The number of benzene rings is 3. The van der Waals surface area contributed by atoms with E-state index in [-0.39, 0.29) is 17.9 Å². The summed E-state index contributed by atoms with van der Waals surface area (Å²) in [5, 5.41) is 11.5. The van der Waals surface area contributed by atoms with Gasteiger partial charge in [-0.2, -0.15) is 0 Å². The molecule has 1 aromatic heterocycles. The Morgan fingerprint density at radius 3 is 2.45 bits per heavy atom. The van der Waals surface area contributed by atoms with Crippen molar-refractivity contribution in [1.29, 1.82) is 0 Å². The molecule has 1 amide bonds. The van der Waals surface area contributed by atoms with Crippen molar-refractivity contribution >= 4 is 17.4 Å². The Bertz CT molecular complexity index is 1590. The molecule has 2 heterocycles. The monoisotopic (exact) mass is 564 g/mol. The first-order chi connectivity index (χ1) is 20.5. The highest BCUT2D eigenvalue weighted by Crippen LogP contribution is 2.43. The van der Waals surface area contributed by atoms with Crippen LogP contribution in [0.15, 0.2) is 103 Å². The Kier molecular flexibility index (Phi) is 8.82. The molecule has 4 aromatic rings. The van der Waals surface area contributed by atoms with E-state index in [1.165, 1.54) is 12.0 Å². The molecule has 1 aliphatic rings. The van der Waals surface area contributed by atoms with E-state index in [1.807, 2.05) is 43.3 Å². The lowest BCUT2D eigenvalue weighted by molar-refractivity contribution is -0.140. The van der Waals surface area contributed by atoms with Crippen molar-refractivity contribution in [3.63, 3.8) is 0 Å². The maximum atomic E-state index is 13.5. The maximum absolute atomic E-state index is 13.5. The summed E-state index contributed by atoms with van der Waals surface area (Å²) in [5.74, 6) is -0.266. The van der Waals surface area contributed by atoms with Gasteiger partial charge in [0, 0.05) is 24.5 Å². The van der Waals surface area contributed by atoms with Gasteiger partial charge in [0.05, 0.1) is 25.3 Å². The lowest BCUT2D eigenvalue weighted by Gasteiger charge is -2.26. The fourth-order valence-electron chi connectivity index (χ4n) is 4.90. The molecule has 0 bridgehead atoms. The summed E-state index contributed by atoms with van der Waals surface area (Å²) < 4.78 is 17.4. The van der Waals surface area contributed by atoms with Gasteiger partial charge in [-0.15, -0.1) is 0 Å². The first-order valence-electron chi connectivity index (χ1n) is 13.7. The highest BCUT2D eigenvalue weighted by Gasteiger charge is 2.46. The van der Waals surface area contributed by atoms with E-state index in [2.05, 4.69) is 4.98 Å². The molecular weight excluding hydrogens is 532 g/mol. The Hall–Kier alpha value is -5.11. The van der Waals surface area contributed by atoms with Crippen LogP contribution in [0.5, 0.6) is 17.2 Å². The fourth-order valence-corrected chi connectivity index (χ4v) is 4.90. The zero-order valence-corrected chi connectivity index (χ0v) is 23.5. The molecule has 3 aromatic carbocycles. The van der Waals surface area contributed by atoms with E-state index in [9.17, 15) is 14.7 Å². The highest BCUT2D eigenvalue weighted by molar-refractivity contribution is 6.46. The molecule has 1 unspecified atom stereocenters. The minimum Gasteiger partial charge on any atom is -0.507 e. The van der Waals surface area contributed by atoms with E-state index in [0.717, 1.165) is 17.5 Å². The van der Waals surface area contributed by atoms with Gasteiger partial charge in [0.25, 0.3) is 11.7 Å². The van der Waals surface area contributed by atoms with Gasteiger partial charge in [0.15, 0.2) is 11.5 Å². The van der Waals surface area contributed by atoms with Crippen molar-refractivity contribution in [1.82, 2.24) is 9.88 Å². The number of ether oxygens (including phenoxy) is 3. The number of hydrogen-bond acceptors (Lipinski definition) is 7. The number of ketones is 1. The second-order valence-electron chi connectivity index (χ2n) is 9.85. The van der Waals surface area contributed by atoms with Gasteiger partial charge >= 0.3 is 0 Å². The number of rotatable bonds is 11. The fraction of sp³-hybridized carbons (Fsp3) is 0.206. The summed E-state index contributed by atoms with van der Waals surface area (Å²) in [6, 6.07) is 24.6. The zero-order chi connectivity index (χ0) is 29.5. The summed E-state index contributed by atoms with van der Waals surface area (Å²) in [5.41, 5.74) is 2.69. The van der Waals surface area contributed by atoms with Crippen LogP contribution in [0.4, 0.5) is 0 Å². The molecule has 1 atom stereocenters. The van der Waals surface area contributed by atoms with Crippen LogP contribution < -0.4 is 14.2 Å². The molecule has 0 spiro atoms. The Morgan fingerprint density at radius 1 is 0.905 bits per heavy atom. The molecule has 0 radical (unpaired) electrons. The molecule has 1 saturated heterocycles. The second kappa shape index (κ2) is 13.0. The van der Waals surface area contributed by atoms with Crippen molar-refractivity contribution < 1.29 is 28.9 Å². The van der Waals surface area contributed by atoms with Gasteiger partial charge in [-0.1, -0.05) is 61.5 Å². The average molecular weight is 565 g/mol. The summed E-state index contributed by atoms with van der Waals surface area (Å²) in [7, 11) is 1.53.